The van der Waals surface area contributed by atoms with Gasteiger partial charge in [-0.3, -0.25) is 14.7 Å². The molecule has 0 aliphatic rings. The molecule has 1 aromatic rings. The lowest BCUT2D eigenvalue weighted by molar-refractivity contribution is -0.142. The second-order valence-electron chi connectivity index (χ2n) is 4.29. The molecule has 1 atom stereocenters. The number of ether oxygens (including phenoxy) is 1. The third-order valence-electron chi connectivity index (χ3n) is 2.82. The molecule has 0 fully saturated rings. The van der Waals surface area contributed by atoms with Gasteiger partial charge in [0.25, 0.3) is 5.91 Å². The Morgan fingerprint density at radius 3 is 2.50 bits per heavy atom. The Morgan fingerprint density at radius 2 is 2.05 bits per heavy atom. The van der Waals surface area contributed by atoms with Gasteiger partial charge in [-0.05, 0) is 20.3 Å². The van der Waals surface area contributed by atoms with Crippen molar-refractivity contribution >= 4 is 17.8 Å². The van der Waals surface area contributed by atoms with Crippen molar-refractivity contribution < 1.29 is 24.2 Å². The minimum atomic E-state index is -1.21. The van der Waals surface area contributed by atoms with Gasteiger partial charge in [-0.1, -0.05) is 0 Å². The summed E-state index contributed by atoms with van der Waals surface area (Å²) in [5, 5.41) is 17.9. The number of aliphatic carboxylic acids is 1. The second-order valence-corrected chi connectivity index (χ2v) is 4.29. The maximum Gasteiger partial charge on any atom is 0.326 e. The summed E-state index contributed by atoms with van der Waals surface area (Å²) in [6, 6.07) is -1.16. The van der Waals surface area contributed by atoms with Crippen molar-refractivity contribution in [1.82, 2.24) is 15.5 Å². The highest BCUT2D eigenvalue weighted by Crippen LogP contribution is 2.10. The van der Waals surface area contributed by atoms with Gasteiger partial charge >= 0.3 is 11.9 Å². The van der Waals surface area contributed by atoms with Gasteiger partial charge in [0, 0.05) is 12.1 Å². The van der Waals surface area contributed by atoms with E-state index in [0.717, 1.165) is 0 Å². The van der Waals surface area contributed by atoms with Crippen LogP contribution in [0.25, 0.3) is 0 Å². The smallest absolute Gasteiger partial charge is 0.326 e. The Labute approximate surface area is 115 Å². The molecule has 0 aromatic carbocycles. The molecule has 0 radical (unpaired) electrons. The van der Waals surface area contributed by atoms with Crippen molar-refractivity contribution in [2.45, 2.75) is 32.7 Å². The number of amides is 1. The van der Waals surface area contributed by atoms with E-state index in [1.165, 1.54) is 7.11 Å². The molecule has 20 heavy (non-hydrogen) atoms. The molecule has 0 spiro atoms. The third-order valence-corrected chi connectivity index (χ3v) is 2.82. The van der Waals surface area contributed by atoms with Crippen LogP contribution in [0.5, 0.6) is 0 Å². The molecular weight excluding hydrogens is 266 g/mol. The minimum Gasteiger partial charge on any atom is -0.480 e. The van der Waals surface area contributed by atoms with E-state index in [9.17, 15) is 14.4 Å². The highest BCUT2D eigenvalue weighted by molar-refractivity contribution is 5.98. The van der Waals surface area contributed by atoms with Gasteiger partial charge in [-0.25, -0.2) is 4.79 Å². The first-order chi connectivity index (χ1) is 9.36. The van der Waals surface area contributed by atoms with E-state index in [4.69, 9.17) is 5.11 Å². The molecule has 3 N–H and O–H groups in total. The maximum atomic E-state index is 12.0. The number of carbonyl (C=O) groups is 3. The number of esters is 1. The lowest BCUT2D eigenvalue weighted by atomic mass is 10.1. The van der Waals surface area contributed by atoms with E-state index in [1.807, 2.05) is 0 Å². The number of methoxy groups -OCH3 is 1. The number of carboxylic acids is 1. The van der Waals surface area contributed by atoms with Gasteiger partial charge in [0.15, 0.2) is 0 Å². The molecule has 0 aliphatic carbocycles. The lowest BCUT2D eigenvalue weighted by Gasteiger charge is -2.14. The molecule has 1 amide bonds. The summed E-state index contributed by atoms with van der Waals surface area (Å²) in [4.78, 5) is 34.1. The average molecular weight is 283 g/mol. The van der Waals surface area contributed by atoms with Gasteiger partial charge in [-0.2, -0.15) is 5.10 Å². The molecule has 0 saturated heterocycles. The van der Waals surface area contributed by atoms with Crippen LogP contribution in [0.4, 0.5) is 0 Å². The van der Waals surface area contributed by atoms with E-state index in [0.29, 0.717) is 17.0 Å². The Bertz CT molecular complexity index is 504. The Morgan fingerprint density at radius 1 is 1.40 bits per heavy atom. The zero-order valence-electron chi connectivity index (χ0n) is 11.5. The summed E-state index contributed by atoms with van der Waals surface area (Å²) < 4.78 is 4.44. The zero-order valence-corrected chi connectivity index (χ0v) is 11.5. The van der Waals surface area contributed by atoms with E-state index in [-0.39, 0.29) is 12.8 Å². The van der Waals surface area contributed by atoms with Gasteiger partial charge in [0.2, 0.25) is 0 Å². The first-order valence-corrected chi connectivity index (χ1v) is 5.98. The minimum absolute atomic E-state index is 0.0380. The van der Waals surface area contributed by atoms with Crippen LogP contribution < -0.4 is 5.32 Å². The quantitative estimate of drug-likeness (QED) is 0.639. The van der Waals surface area contributed by atoms with E-state index >= 15 is 0 Å². The number of rotatable bonds is 6. The second kappa shape index (κ2) is 6.69. The molecule has 0 saturated carbocycles. The number of carbonyl (C=O) groups excluding carboxylic acids is 2. The largest absolute Gasteiger partial charge is 0.480 e. The van der Waals surface area contributed by atoms with Crippen LogP contribution in [0.3, 0.4) is 0 Å². The topological polar surface area (TPSA) is 121 Å². The van der Waals surface area contributed by atoms with Crippen molar-refractivity contribution in [1.29, 1.82) is 0 Å². The van der Waals surface area contributed by atoms with Crippen LogP contribution in [0, 0.1) is 13.8 Å². The standard InChI is InChI=1S/C12H17N3O5/c1-6-10(7(2)15-14-6)11(17)13-8(12(18)19)4-5-9(16)20-3/h8H,4-5H2,1-3H3,(H,13,17)(H,14,15)(H,18,19). The predicted octanol–water partition coefficient (Wildman–Crippen LogP) is 0.163. The summed E-state index contributed by atoms with van der Waals surface area (Å²) >= 11 is 0. The molecule has 8 heteroatoms. The SMILES string of the molecule is COC(=O)CCC(NC(=O)c1c(C)n[nH]c1C)C(=O)O. The van der Waals surface area contributed by atoms with Crippen LogP contribution in [0.15, 0.2) is 0 Å². The number of nitrogens with one attached hydrogen (secondary N) is 2. The fraction of sp³-hybridized carbons (Fsp3) is 0.500. The van der Waals surface area contributed by atoms with Gasteiger partial charge in [0.1, 0.15) is 6.04 Å². The molecule has 1 aromatic heterocycles. The van der Waals surface area contributed by atoms with Gasteiger partial charge in [-0.15, -0.1) is 0 Å². The summed E-state index contributed by atoms with van der Waals surface area (Å²) in [6.45, 7) is 3.31. The third kappa shape index (κ3) is 3.81. The molecule has 0 bridgehead atoms. The van der Waals surface area contributed by atoms with Crippen molar-refractivity contribution in [2.24, 2.45) is 0 Å². The fourth-order valence-electron chi connectivity index (χ4n) is 1.74. The van der Waals surface area contributed by atoms with Crippen LogP contribution >= 0.6 is 0 Å². The molecule has 1 rings (SSSR count). The van der Waals surface area contributed by atoms with Crippen molar-refractivity contribution in [3.8, 4) is 0 Å². The van der Waals surface area contributed by atoms with Crippen LogP contribution in [-0.4, -0.2) is 46.3 Å². The van der Waals surface area contributed by atoms with Gasteiger partial charge in [0.05, 0.1) is 18.4 Å². The van der Waals surface area contributed by atoms with E-state index in [2.05, 4.69) is 20.3 Å². The number of hydrogen-bond acceptors (Lipinski definition) is 5. The van der Waals surface area contributed by atoms with Crippen molar-refractivity contribution in [3.05, 3.63) is 17.0 Å². The molecule has 0 aliphatic heterocycles. The number of hydrogen-bond donors (Lipinski definition) is 3. The predicted molar refractivity (Wildman–Crippen MR) is 68.2 cm³/mol. The number of carboxylic acid groups (broad SMARTS) is 1. The molecule has 8 nitrogen and oxygen atoms in total. The van der Waals surface area contributed by atoms with Crippen LogP contribution in [0.2, 0.25) is 0 Å². The monoisotopic (exact) mass is 283 g/mol. The van der Waals surface area contributed by atoms with E-state index < -0.39 is 23.9 Å². The number of H-pyrrole nitrogens is 1. The highest BCUT2D eigenvalue weighted by Gasteiger charge is 2.24. The van der Waals surface area contributed by atoms with Crippen LogP contribution in [0.1, 0.15) is 34.6 Å². The Hall–Kier alpha value is -2.38. The molecular formula is C12H17N3O5. The number of aromatic nitrogens is 2. The number of aryl methyl sites for hydroxylation is 2. The summed E-state index contributed by atoms with van der Waals surface area (Å²) in [5.41, 5.74) is 1.35. The lowest BCUT2D eigenvalue weighted by Crippen LogP contribution is -2.41. The Kier molecular flexibility index (Phi) is 5.24. The zero-order chi connectivity index (χ0) is 15.3. The number of nitrogens with zero attached hydrogens (tertiary/aromatic N) is 1. The first-order valence-electron chi connectivity index (χ1n) is 5.98. The van der Waals surface area contributed by atoms with Crippen molar-refractivity contribution in [3.63, 3.8) is 0 Å². The van der Waals surface area contributed by atoms with Gasteiger partial charge < -0.3 is 15.2 Å². The normalized spacial score (nSPS) is 11.8. The summed E-state index contributed by atoms with van der Waals surface area (Å²) in [7, 11) is 1.22. The number of aromatic amines is 1. The first kappa shape index (κ1) is 15.7. The average Bonchev–Trinajstić information content (AvgIpc) is 2.73. The summed E-state index contributed by atoms with van der Waals surface area (Å²) in [6.07, 6.45) is -0.124. The molecule has 110 valence electrons. The Balaban J connectivity index is 2.73. The van der Waals surface area contributed by atoms with Crippen molar-refractivity contribution in [2.75, 3.05) is 7.11 Å². The summed E-state index contributed by atoms with van der Waals surface area (Å²) in [5.74, 6) is -2.27. The van der Waals surface area contributed by atoms with E-state index in [1.54, 1.807) is 13.8 Å². The fourth-order valence-corrected chi connectivity index (χ4v) is 1.74. The maximum absolute atomic E-state index is 12.0. The molecule has 1 unspecified atom stereocenters. The van der Waals surface area contributed by atoms with Crippen LogP contribution in [-0.2, 0) is 14.3 Å². The molecule has 1 heterocycles. The highest BCUT2D eigenvalue weighted by atomic mass is 16.5.